The quantitative estimate of drug-likeness (QED) is 0.702. The van der Waals surface area contributed by atoms with Crippen LogP contribution in [0.2, 0.25) is 0 Å². The third-order valence-corrected chi connectivity index (χ3v) is 2.74. The van der Waals surface area contributed by atoms with Crippen molar-refractivity contribution < 1.29 is 0 Å². The lowest BCUT2D eigenvalue weighted by Crippen LogP contribution is -1.87. The van der Waals surface area contributed by atoms with Crippen LogP contribution in [-0.4, -0.2) is 9.36 Å². The van der Waals surface area contributed by atoms with Gasteiger partial charge < -0.3 is 0 Å². The van der Waals surface area contributed by atoms with Gasteiger partial charge in [-0.3, -0.25) is 0 Å². The molecule has 0 fully saturated rings. The van der Waals surface area contributed by atoms with Crippen LogP contribution in [0.1, 0.15) is 44.4 Å². The molecule has 1 aromatic heterocycles. The van der Waals surface area contributed by atoms with Gasteiger partial charge in [0.2, 0.25) is 0 Å². The van der Waals surface area contributed by atoms with E-state index in [0.29, 0.717) is 5.92 Å². The molecule has 0 unspecified atom stereocenters. The first kappa shape index (κ1) is 9.39. The highest BCUT2D eigenvalue weighted by atomic mass is 32.1. The normalized spacial score (nSPS) is 12.6. The fourth-order valence-corrected chi connectivity index (χ4v) is 1.46. The van der Waals surface area contributed by atoms with Gasteiger partial charge in [0.05, 0.1) is 0 Å². The summed E-state index contributed by atoms with van der Waals surface area (Å²) < 4.78 is 4.27. The molecule has 0 aliphatic rings. The van der Waals surface area contributed by atoms with Crippen LogP contribution in [0.15, 0.2) is 6.08 Å². The molecule has 1 heterocycles. The van der Waals surface area contributed by atoms with Gasteiger partial charge in [-0.1, -0.05) is 19.9 Å². The molecule has 1 rings (SSSR count). The number of rotatable bonds is 2. The van der Waals surface area contributed by atoms with Crippen LogP contribution in [-0.2, 0) is 0 Å². The van der Waals surface area contributed by atoms with Crippen molar-refractivity contribution in [1.29, 1.82) is 0 Å². The van der Waals surface area contributed by atoms with Gasteiger partial charge in [0.1, 0.15) is 5.01 Å². The minimum Gasteiger partial charge on any atom is -0.220 e. The molecule has 0 spiro atoms. The van der Waals surface area contributed by atoms with E-state index in [1.54, 1.807) is 0 Å². The number of hydrogen-bond acceptors (Lipinski definition) is 3. The maximum absolute atomic E-state index is 4.42. The second-order valence-electron chi connectivity index (χ2n) is 3.08. The zero-order chi connectivity index (χ0) is 9.14. The zero-order valence-corrected chi connectivity index (χ0v) is 8.77. The molecule has 0 saturated carbocycles. The Hall–Kier alpha value is -0.700. The Morgan fingerprint density at radius 1 is 1.50 bits per heavy atom. The van der Waals surface area contributed by atoms with Crippen molar-refractivity contribution >= 4 is 17.1 Å². The predicted octanol–water partition coefficient (Wildman–Crippen LogP) is 3.08. The minimum absolute atomic E-state index is 0.487. The molecular weight excluding hydrogens is 168 g/mol. The fraction of sp³-hybridized carbons (Fsp3) is 0.556. The van der Waals surface area contributed by atoms with Gasteiger partial charge in [-0.2, -0.15) is 4.37 Å². The van der Waals surface area contributed by atoms with Gasteiger partial charge in [0.25, 0.3) is 0 Å². The standard InChI is InChI=1S/C9H14N2S/c1-5-7(4)8-10-9(6(2)3)12-11-8/h5-6H,1-4H3/b7-5-. The van der Waals surface area contributed by atoms with Gasteiger partial charge in [-0.05, 0) is 31.0 Å². The summed E-state index contributed by atoms with van der Waals surface area (Å²) >= 11 is 1.50. The van der Waals surface area contributed by atoms with Crippen molar-refractivity contribution in [2.75, 3.05) is 0 Å². The van der Waals surface area contributed by atoms with E-state index in [1.807, 2.05) is 19.9 Å². The number of nitrogens with zero attached hydrogens (tertiary/aromatic N) is 2. The Kier molecular flexibility index (Phi) is 2.98. The third-order valence-electron chi connectivity index (χ3n) is 1.72. The number of allylic oxidation sites excluding steroid dienone is 2. The van der Waals surface area contributed by atoms with Crippen LogP contribution >= 0.6 is 11.5 Å². The second-order valence-corrected chi connectivity index (χ2v) is 3.87. The van der Waals surface area contributed by atoms with E-state index in [9.17, 15) is 0 Å². The highest BCUT2D eigenvalue weighted by molar-refractivity contribution is 7.05. The van der Waals surface area contributed by atoms with Gasteiger partial charge in [0.15, 0.2) is 5.82 Å². The molecule has 0 aliphatic heterocycles. The number of hydrogen-bond donors (Lipinski definition) is 0. The maximum atomic E-state index is 4.42. The van der Waals surface area contributed by atoms with Crippen LogP contribution in [0.3, 0.4) is 0 Å². The first-order valence-corrected chi connectivity index (χ1v) is 4.89. The van der Waals surface area contributed by atoms with Crippen molar-refractivity contribution in [3.63, 3.8) is 0 Å². The Bertz CT molecular complexity index is 286. The minimum atomic E-state index is 0.487. The molecule has 0 N–H and O–H groups in total. The molecule has 0 aliphatic carbocycles. The van der Waals surface area contributed by atoms with E-state index in [1.165, 1.54) is 11.5 Å². The third kappa shape index (κ3) is 1.91. The highest BCUT2D eigenvalue weighted by Crippen LogP contribution is 2.19. The van der Waals surface area contributed by atoms with Gasteiger partial charge >= 0.3 is 0 Å². The number of aromatic nitrogens is 2. The molecule has 3 heteroatoms. The summed E-state index contributed by atoms with van der Waals surface area (Å²) in [7, 11) is 0. The lowest BCUT2D eigenvalue weighted by atomic mass is 10.2. The van der Waals surface area contributed by atoms with Crippen molar-refractivity contribution in [2.45, 2.75) is 33.6 Å². The second kappa shape index (κ2) is 3.81. The molecule has 1 aromatic rings. The average molecular weight is 182 g/mol. The summed E-state index contributed by atoms with van der Waals surface area (Å²) in [4.78, 5) is 4.42. The van der Waals surface area contributed by atoms with E-state index in [-0.39, 0.29) is 0 Å². The molecule has 0 atom stereocenters. The lowest BCUT2D eigenvalue weighted by molar-refractivity contribution is 0.849. The van der Waals surface area contributed by atoms with Crippen molar-refractivity contribution in [2.24, 2.45) is 0 Å². The summed E-state index contributed by atoms with van der Waals surface area (Å²) in [5.41, 5.74) is 1.15. The predicted molar refractivity (Wildman–Crippen MR) is 53.3 cm³/mol. The fourth-order valence-electron chi connectivity index (χ4n) is 0.759. The van der Waals surface area contributed by atoms with Crippen LogP contribution in [0.25, 0.3) is 5.57 Å². The van der Waals surface area contributed by atoms with Crippen LogP contribution in [0.4, 0.5) is 0 Å². The summed E-state index contributed by atoms with van der Waals surface area (Å²) in [6.45, 7) is 8.31. The SMILES string of the molecule is C/C=C(/C)c1nsc(C(C)C)n1. The van der Waals surface area contributed by atoms with Crippen molar-refractivity contribution in [3.05, 3.63) is 16.9 Å². The maximum Gasteiger partial charge on any atom is 0.168 e. The molecule has 2 nitrogen and oxygen atoms in total. The van der Waals surface area contributed by atoms with E-state index >= 15 is 0 Å². The van der Waals surface area contributed by atoms with Crippen molar-refractivity contribution in [1.82, 2.24) is 9.36 Å². The first-order chi connectivity index (χ1) is 5.65. The molecule has 0 saturated heterocycles. The van der Waals surface area contributed by atoms with E-state index < -0.39 is 0 Å². The van der Waals surface area contributed by atoms with Gasteiger partial charge in [0, 0.05) is 5.92 Å². The molecule has 66 valence electrons. The largest absolute Gasteiger partial charge is 0.220 e. The Morgan fingerprint density at radius 3 is 2.58 bits per heavy atom. The molecule has 0 radical (unpaired) electrons. The van der Waals surface area contributed by atoms with E-state index in [2.05, 4.69) is 23.2 Å². The topological polar surface area (TPSA) is 25.8 Å². The van der Waals surface area contributed by atoms with E-state index in [4.69, 9.17) is 0 Å². The summed E-state index contributed by atoms with van der Waals surface area (Å²) in [5, 5.41) is 1.12. The summed E-state index contributed by atoms with van der Waals surface area (Å²) in [6.07, 6.45) is 2.03. The molecule has 0 bridgehead atoms. The smallest absolute Gasteiger partial charge is 0.168 e. The zero-order valence-electron chi connectivity index (χ0n) is 7.96. The van der Waals surface area contributed by atoms with Gasteiger partial charge in [-0.25, -0.2) is 4.98 Å². The van der Waals surface area contributed by atoms with E-state index in [0.717, 1.165) is 16.4 Å². The van der Waals surface area contributed by atoms with Crippen LogP contribution in [0.5, 0.6) is 0 Å². The summed E-state index contributed by atoms with van der Waals surface area (Å²) in [5.74, 6) is 1.37. The van der Waals surface area contributed by atoms with Gasteiger partial charge in [-0.15, -0.1) is 0 Å². The monoisotopic (exact) mass is 182 g/mol. The Morgan fingerprint density at radius 2 is 2.17 bits per heavy atom. The average Bonchev–Trinajstić information content (AvgIpc) is 2.51. The highest BCUT2D eigenvalue weighted by Gasteiger charge is 2.07. The first-order valence-electron chi connectivity index (χ1n) is 4.12. The molecule has 0 amide bonds. The molecule has 12 heavy (non-hydrogen) atoms. The molecule has 0 aromatic carbocycles. The lowest BCUT2D eigenvalue weighted by Gasteiger charge is -1.94. The summed E-state index contributed by atoms with van der Waals surface area (Å²) in [6, 6.07) is 0. The Labute approximate surface area is 77.5 Å². The van der Waals surface area contributed by atoms with Crippen LogP contribution < -0.4 is 0 Å². The van der Waals surface area contributed by atoms with Crippen molar-refractivity contribution in [3.8, 4) is 0 Å². The molecular formula is C9H14N2S. The van der Waals surface area contributed by atoms with Crippen LogP contribution in [0, 0.1) is 0 Å². The Balaban J connectivity index is 2.92.